The standard InChI is InChI=1S/C18H23F2N3O5/c1-10(18(27)28)23(7-6-21-11(2)24)17(26)9-16(22-12(3)25)14-5-4-13(19)8-15(14)20/h4-5,8,10,16H,6-7,9H2,1-3H3,(H,21,24)(H,22,25)(H,27,28). The van der Waals surface area contributed by atoms with E-state index < -0.39 is 47.9 Å². The molecule has 154 valence electrons. The maximum atomic E-state index is 14.1. The minimum atomic E-state index is -1.26. The van der Waals surface area contributed by atoms with E-state index in [9.17, 15) is 33.1 Å². The van der Waals surface area contributed by atoms with E-state index in [2.05, 4.69) is 10.6 Å². The molecule has 0 fully saturated rings. The summed E-state index contributed by atoms with van der Waals surface area (Å²) in [6.07, 6.45) is -0.445. The molecule has 2 unspecified atom stereocenters. The second kappa shape index (κ2) is 10.3. The molecule has 0 saturated heterocycles. The first-order valence-corrected chi connectivity index (χ1v) is 8.51. The van der Waals surface area contributed by atoms with E-state index in [-0.39, 0.29) is 24.6 Å². The van der Waals surface area contributed by atoms with Crippen LogP contribution in [0.15, 0.2) is 18.2 Å². The Morgan fingerprint density at radius 2 is 1.79 bits per heavy atom. The summed E-state index contributed by atoms with van der Waals surface area (Å²) >= 11 is 0. The molecule has 0 heterocycles. The van der Waals surface area contributed by atoms with Gasteiger partial charge in [-0.2, -0.15) is 0 Å². The maximum absolute atomic E-state index is 14.1. The number of hydrogen-bond acceptors (Lipinski definition) is 4. The molecule has 0 aliphatic rings. The Kier molecular flexibility index (Phi) is 8.49. The Morgan fingerprint density at radius 3 is 2.29 bits per heavy atom. The average Bonchev–Trinajstić information content (AvgIpc) is 2.56. The number of nitrogens with zero attached hydrogens (tertiary/aromatic N) is 1. The zero-order valence-electron chi connectivity index (χ0n) is 15.8. The lowest BCUT2D eigenvalue weighted by atomic mass is 10.0. The number of halogens is 2. The minimum absolute atomic E-state index is 0.0222. The largest absolute Gasteiger partial charge is 0.480 e. The number of aliphatic carboxylic acids is 1. The van der Waals surface area contributed by atoms with Crippen molar-refractivity contribution < 1.29 is 33.1 Å². The van der Waals surface area contributed by atoms with Crippen molar-refractivity contribution in [3.05, 3.63) is 35.4 Å². The molecule has 3 amide bonds. The predicted octanol–water partition coefficient (Wildman–Crippen LogP) is 0.970. The van der Waals surface area contributed by atoms with E-state index in [1.54, 1.807) is 0 Å². The molecule has 0 bridgehead atoms. The summed E-state index contributed by atoms with van der Waals surface area (Å²) < 4.78 is 27.3. The summed E-state index contributed by atoms with van der Waals surface area (Å²) in [5, 5.41) is 14.1. The Balaban J connectivity index is 3.07. The molecule has 28 heavy (non-hydrogen) atoms. The molecule has 0 radical (unpaired) electrons. The Labute approximate surface area is 160 Å². The topological polar surface area (TPSA) is 116 Å². The molecule has 0 aliphatic carbocycles. The molecule has 2 atom stereocenters. The van der Waals surface area contributed by atoms with E-state index in [1.807, 2.05) is 0 Å². The van der Waals surface area contributed by atoms with Crippen LogP contribution in [0.4, 0.5) is 8.78 Å². The molecule has 1 aromatic rings. The SMILES string of the molecule is CC(=O)NCCN(C(=O)CC(NC(C)=O)c1ccc(F)cc1F)C(C)C(=O)O. The van der Waals surface area contributed by atoms with E-state index >= 15 is 0 Å². The minimum Gasteiger partial charge on any atom is -0.480 e. The highest BCUT2D eigenvalue weighted by atomic mass is 19.1. The Morgan fingerprint density at radius 1 is 1.14 bits per heavy atom. The third kappa shape index (κ3) is 6.93. The van der Waals surface area contributed by atoms with Crippen molar-refractivity contribution in [2.24, 2.45) is 0 Å². The number of carbonyl (C=O) groups excluding carboxylic acids is 3. The first kappa shape index (κ1) is 23.0. The number of amides is 3. The number of nitrogens with one attached hydrogen (secondary N) is 2. The van der Waals surface area contributed by atoms with Gasteiger partial charge in [-0.1, -0.05) is 6.07 Å². The number of carboxylic acids is 1. The highest BCUT2D eigenvalue weighted by Crippen LogP contribution is 2.22. The number of rotatable bonds is 9. The van der Waals surface area contributed by atoms with Gasteiger partial charge in [0.1, 0.15) is 17.7 Å². The second-order valence-electron chi connectivity index (χ2n) is 6.21. The Bertz CT molecular complexity index is 757. The highest BCUT2D eigenvalue weighted by Gasteiger charge is 2.29. The summed E-state index contributed by atoms with van der Waals surface area (Å²) in [5.74, 6) is -4.59. The lowest BCUT2D eigenvalue weighted by Crippen LogP contribution is -2.47. The fourth-order valence-electron chi connectivity index (χ4n) is 2.58. The molecule has 0 spiro atoms. The average molecular weight is 399 g/mol. The smallest absolute Gasteiger partial charge is 0.326 e. The molecule has 8 nitrogen and oxygen atoms in total. The number of hydrogen-bond donors (Lipinski definition) is 3. The van der Waals surface area contributed by atoms with Gasteiger partial charge in [-0.3, -0.25) is 14.4 Å². The fraction of sp³-hybridized carbons (Fsp3) is 0.444. The van der Waals surface area contributed by atoms with Crippen LogP contribution < -0.4 is 10.6 Å². The molecule has 0 aliphatic heterocycles. The fourth-order valence-corrected chi connectivity index (χ4v) is 2.58. The lowest BCUT2D eigenvalue weighted by Gasteiger charge is -2.29. The van der Waals surface area contributed by atoms with E-state index in [0.717, 1.165) is 17.0 Å². The van der Waals surface area contributed by atoms with Crippen LogP contribution in [0.25, 0.3) is 0 Å². The van der Waals surface area contributed by atoms with Gasteiger partial charge < -0.3 is 20.6 Å². The van der Waals surface area contributed by atoms with Crippen molar-refractivity contribution in [2.45, 2.75) is 39.3 Å². The van der Waals surface area contributed by atoms with Gasteiger partial charge in [0.25, 0.3) is 0 Å². The van der Waals surface area contributed by atoms with Gasteiger partial charge in [-0.25, -0.2) is 13.6 Å². The van der Waals surface area contributed by atoms with Gasteiger partial charge in [0.15, 0.2) is 0 Å². The second-order valence-corrected chi connectivity index (χ2v) is 6.21. The van der Waals surface area contributed by atoms with Gasteiger partial charge in [-0.05, 0) is 13.0 Å². The van der Waals surface area contributed by atoms with E-state index in [0.29, 0.717) is 6.07 Å². The molecule has 0 saturated carbocycles. The van der Waals surface area contributed by atoms with Crippen molar-refractivity contribution in [1.82, 2.24) is 15.5 Å². The Hall–Kier alpha value is -3.04. The molecule has 1 rings (SSSR count). The van der Waals surface area contributed by atoms with Crippen molar-refractivity contribution in [1.29, 1.82) is 0 Å². The van der Waals surface area contributed by atoms with E-state index in [1.165, 1.54) is 20.8 Å². The van der Waals surface area contributed by atoms with Gasteiger partial charge in [0, 0.05) is 38.6 Å². The monoisotopic (exact) mass is 399 g/mol. The molecule has 3 N–H and O–H groups in total. The predicted molar refractivity (Wildman–Crippen MR) is 95.0 cm³/mol. The summed E-state index contributed by atoms with van der Waals surface area (Å²) in [7, 11) is 0. The number of carboxylic acid groups (broad SMARTS) is 1. The van der Waals surface area contributed by atoms with Gasteiger partial charge in [0.05, 0.1) is 12.5 Å². The number of benzene rings is 1. The van der Waals surface area contributed by atoms with Crippen LogP contribution in [-0.2, 0) is 19.2 Å². The van der Waals surface area contributed by atoms with Crippen LogP contribution in [0.2, 0.25) is 0 Å². The van der Waals surface area contributed by atoms with E-state index in [4.69, 9.17) is 0 Å². The highest BCUT2D eigenvalue weighted by molar-refractivity contribution is 5.84. The van der Waals surface area contributed by atoms with Crippen LogP contribution in [-0.4, -0.2) is 52.8 Å². The van der Waals surface area contributed by atoms with Crippen molar-refractivity contribution in [2.75, 3.05) is 13.1 Å². The van der Waals surface area contributed by atoms with Gasteiger partial charge in [0.2, 0.25) is 17.7 Å². The quantitative estimate of drug-likeness (QED) is 0.572. The lowest BCUT2D eigenvalue weighted by molar-refractivity contribution is -0.149. The summed E-state index contributed by atoms with van der Waals surface area (Å²) in [6.45, 7) is 3.67. The zero-order chi connectivity index (χ0) is 21.4. The van der Waals surface area contributed by atoms with Crippen LogP contribution in [0, 0.1) is 11.6 Å². The number of carbonyl (C=O) groups is 4. The van der Waals surface area contributed by atoms with Crippen molar-refractivity contribution in [3.8, 4) is 0 Å². The van der Waals surface area contributed by atoms with Crippen LogP contribution in [0.1, 0.15) is 38.8 Å². The first-order chi connectivity index (χ1) is 13.0. The molecule has 1 aromatic carbocycles. The molecule has 0 aromatic heterocycles. The van der Waals surface area contributed by atoms with Gasteiger partial charge >= 0.3 is 5.97 Å². The zero-order valence-corrected chi connectivity index (χ0v) is 15.8. The van der Waals surface area contributed by atoms with Crippen molar-refractivity contribution >= 4 is 23.7 Å². The third-order valence-corrected chi connectivity index (χ3v) is 3.97. The summed E-state index contributed by atoms with van der Waals surface area (Å²) in [6, 6.07) is 0.405. The maximum Gasteiger partial charge on any atom is 0.326 e. The van der Waals surface area contributed by atoms with Crippen LogP contribution in [0.3, 0.4) is 0 Å². The molecular formula is C18H23F2N3O5. The van der Waals surface area contributed by atoms with Crippen LogP contribution >= 0.6 is 0 Å². The van der Waals surface area contributed by atoms with Crippen molar-refractivity contribution in [3.63, 3.8) is 0 Å². The summed E-state index contributed by atoms with van der Waals surface area (Å²) in [5.41, 5.74) is -0.102. The molecular weight excluding hydrogens is 376 g/mol. The van der Waals surface area contributed by atoms with Gasteiger partial charge in [-0.15, -0.1) is 0 Å². The summed E-state index contributed by atoms with van der Waals surface area (Å²) in [4.78, 5) is 47.5. The van der Waals surface area contributed by atoms with Crippen LogP contribution in [0.5, 0.6) is 0 Å². The first-order valence-electron chi connectivity index (χ1n) is 8.51. The molecule has 10 heteroatoms. The normalized spacial score (nSPS) is 12.6. The third-order valence-electron chi connectivity index (χ3n) is 3.97.